The monoisotopic (exact) mass is 155 g/mol. The Kier molecular flexibility index (Phi) is 2.58. The van der Waals surface area contributed by atoms with Crippen LogP contribution in [-0.2, 0) is 0 Å². The fourth-order valence-electron chi connectivity index (χ4n) is 2.33. The molecule has 1 nitrogen and oxygen atoms in total. The fourth-order valence-corrected chi connectivity index (χ4v) is 2.33. The highest BCUT2D eigenvalue weighted by Gasteiger charge is 2.36. The number of nitrogens with two attached hydrogens (primary N) is 1. The molecule has 1 aliphatic rings. The minimum atomic E-state index is 0.175. The molecule has 2 unspecified atom stereocenters. The molecule has 66 valence electrons. The molecular formula is C10H21N. The molecule has 0 radical (unpaired) electrons. The zero-order chi connectivity index (χ0) is 8.48. The van der Waals surface area contributed by atoms with Gasteiger partial charge in [0.15, 0.2) is 0 Å². The Morgan fingerprint density at radius 1 is 1.55 bits per heavy atom. The maximum Gasteiger partial charge on any atom is 0.0182 e. The third-order valence-electron chi connectivity index (χ3n) is 3.05. The van der Waals surface area contributed by atoms with E-state index >= 15 is 0 Å². The van der Waals surface area contributed by atoms with E-state index in [0.29, 0.717) is 0 Å². The summed E-state index contributed by atoms with van der Waals surface area (Å²) in [4.78, 5) is 0. The van der Waals surface area contributed by atoms with Crippen molar-refractivity contribution in [2.24, 2.45) is 17.6 Å². The van der Waals surface area contributed by atoms with Crippen molar-refractivity contribution in [3.05, 3.63) is 0 Å². The van der Waals surface area contributed by atoms with Crippen molar-refractivity contribution in [3.8, 4) is 0 Å². The molecule has 0 amide bonds. The summed E-state index contributed by atoms with van der Waals surface area (Å²) in [7, 11) is 0. The van der Waals surface area contributed by atoms with Crippen LogP contribution in [-0.4, -0.2) is 5.54 Å². The standard InChI is InChI=1S/C10H21N/c1-8(2)7-10(11)6-4-5-9(10)3/h8-9H,4-7,11H2,1-3H3. The predicted molar refractivity (Wildman–Crippen MR) is 49.4 cm³/mol. The van der Waals surface area contributed by atoms with E-state index in [2.05, 4.69) is 20.8 Å². The molecule has 0 aromatic rings. The minimum absolute atomic E-state index is 0.175. The van der Waals surface area contributed by atoms with Crippen LogP contribution in [0.3, 0.4) is 0 Å². The van der Waals surface area contributed by atoms with Crippen molar-refractivity contribution < 1.29 is 0 Å². The van der Waals surface area contributed by atoms with E-state index in [4.69, 9.17) is 5.73 Å². The van der Waals surface area contributed by atoms with E-state index in [0.717, 1.165) is 11.8 Å². The maximum absolute atomic E-state index is 6.30. The Morgan fingerprint density at radius 3 is 2.55 bits per heavy atom. The highest BCUT2D eigenvalue weighted by Crippen LogP contribution is 2.37. The molecule has 2 N–H and O–H groups in total. The van der Waals surface area contributed by atoms with E-state index in [-0.39, 0.29) is 5.54 Å². The minimum Gasteiger partial charge on any atom is -0.325 e. The zero-order valence-corrected chi connectivity index (χ0v) is 8.06. The van der Waals surface area contributed by atoms with Gasteiger partial charge in [0, 0.05) is 5.54 Å². The van der Waals surface area contributed by atoms with Crippen molar-refractivity contribution in [3.63, 3.8) is 0 Å². The molecule has 0 aromatic heterocycles. The van der Waals surface area contributed by atoms with Crippen molar-refractivity contribution in [1.82, 2.24) is 0 Å². The Morgan fingerprint density at radius 2 is 2.18 bits per heavy atom. The van der Waals surface area contributed by atoms with E-state index in [9.17, 15) is 0 Å². The number of rotatable bonds is 2. The van der Waals surface area contributed by atoms with Gasteiger partial charge in [-0.3, -0.25) is 0 Å². The van der Waals surface area contributed by atoms with Gasteiger partial charge in [-0.15, -0.1) is 0 Å². The Hall–Kier alpha value is -0.0400. The molecule has 0 spiro atoms. The highest BCUT2D eigenvalue weighted by atomic mass is 14.8. The van der Waals surface area contributed by atoms with E-state index < -0.39 is 0 Å². The summed E-state index contributed by atoms with van der Waals surface area (Å²) in [6, 6.07) is 0. The van der Waals surface area contributed by atoms with Crippen LogP contribution in [0.4, 0.5) is 0 Å². The van der Waals surface area contributed by atoms with Crippen molar-refractivity contribution in [1.29, 1.82) is 0 Å². The second-order valence-electron chi connectivity index (χ2n) is 4.62. The molecule has 0 aromatic carbocycles. The lowest BCUT2D eigenvalue weighted by molar-refractivity contribution is 0.278. The SMILES string of the molecule is CC(C)CC1(N)CCCC1C. The summed E-state index contributed by atoms with van der Waals surface area (Å²) in [5.74, 6) is 1.49. The average molecular weight is 155 g/mol. The van der Waals surface area contributed by atoms with Crippen LogP contribution in [0.5, 0.6) is 0 Å². The molecule has 1 rings (SSSR count). The van der Waals surface area contributed by atoms with E-state index in [1.165, 1.54) is 25.7 Å². The molecule has 0 bridgehead atoms. The summed E-state index contributed by atoms with van der Waals surface area (Å²) in [6.07, 6.45) is 5.12. The van der Waals surface area contributed by atoms with Gasteiger partial charge >= 0.3 is 0 Å². The average Bonchev–Trinajstić information content (AvgIpc) is 2.11. The molecule has 1 fully saturated rings. The van der Waals surface area contributed by atoms with Gasteiger partial charge in [0.05, 0.1) is 0 Å². The van der Waals surface area contributed by atoms with Crippen molar-refractivity contribution in [2.45, 2.75) is 52.0 Å². The molecule has 0 aliphatic heterocycles. The van der Waals surface area contributed by atoms with Crippen LogP contribution >= 0.6 is 0 Å². The molecule has 2 atom stereocenters. The molecular weight excluding hydrogens is 134 g/mol. The lowest BCUT2D eigenvalue weighted by atomic mass is 9.82. The van der Waals surface area contributed by atoms with Crippen molar-refractivity contribution >= 4 is 0 Å². The van der Waals surface area contributed by atoms with Crippen LogP contribution in [0.1, 0.15) is 46.5 Å². The highest BCUT2D eigenvalue weighted by molar-refractivity contribution is 4.94. The summed E-state index contributed by atoms with van der Waals surface area (Å²) in [6.45, 7) is 6.83. The zero-order valence-electron chi connectivity index (χ0n) is 8.06. The van der Waals surface area contributed by atoms with Crippen molar-refractivity contribution in [2.75, 3.05) is 0 Å². The third-order valence-corrected chi connectivity index (χ3v) is 3.05. The molecule has 0 saturated heterocycles. The van der Waals surface area contributed by atoms with Gasteiger partial charge in [-0.1, -0.05) is 27.2 Å². The first-order valence-electron chi connectivity index (χ1n) is 4.83. The Labute approximate surface area is 70.4 Å². The topological polar surface area (TPSA) is 26.0 Å². The smallest absolute Gasteiger partial charge is 0.0182 e. The molecule has 1 heteroatoms. The van der Waals surface area contributed by atoms with Gasteiger partial charge in [0.1, 0.15) is 0 Å². The lowest BCUT2D eigenvalue weighted by Crippen LogP contribution is -2.43. The largest absolute Gasteiger partial charge is 0.325 e. The first-order valence-corrected chi connectivity index (χ1v) is 4.83. The molecule has 11 heavy (non-hydrogen) atoms. The van der Waals surface area contributed by atoms with Crippen LogP contribution < -0.4 is 5.73 Å². The van der Waals surface area contributed by atoms with Crippen LogP contribution in [0.15, 0.2) is 0 Å². The summed E-state index contributed by atoms with van der Waals surface area (Å²) in [5.41, 5.74) is 6.48. The Balaban J connectivity index is 2.51. The second kappa shape index (κ2) is 3.14. The predicted octanol–water partition coefficient (Wildman–Crippen LogP) is 2.55. The summed E-state index contributed by atoms with van der Waals surface area (Å²) < 4.78 is 0. The second-order valence-corrected chi connectivity index (χ2v) is 4.62. The van der Waals surface area contributed by atoms with Crippen LogP contribution in [0, 0.1) is 11.8 Å². The van der Waals surface area contributed by atoms with Gasteiger partial charge in [0.2, 0.25) is 0 Å². The number of hydrogen-bond donors (Lipinski definition) is 1. The van der Waals surface area contributed by atoms with Gasteiger partial charge in [-0.25, -0.2) is 0 Å². The molecule has 1 saturated carbocycles. The summed E-state index contributed by atoms with van der Waals surface area (Å²) >= 11 is 0. The first-order chi connectivity index (χ1) is 5.04. The Bertz CT molecular complexity index is 131. The fraction of sp³-hybridized carbons (Fsp3) is 1.00. The first kappa shape index (κ1) is 9.05. The van der Waals surface area contributed by atoms with Gasteiger partial charge < -0.3 is 5.73 Å². The van der Waals surface area contributed by atoms with Gasteiger partial charge in [-0.2, -0.15) is 0 Å². The molecule has 1 aliphatic carbocycles. The maximum atomic E-state index is 6.30. The van der Waals surface area contributed by atoms with Crippen LogP contribution in [0.25, 0.3) is 0 Å². The van der Waals surface area contributed by atoms with E-state index in [1.807, 2.05) is 0 Å². The number of hydrogen-bond acceptors (Lipinski definition) is 1. The van der Waals surface area contributed by atoms with Gasteiger partial charge in [-0.05, 0) is 31.1 Å². The van der Waals surface area contributed by atoms with E-state index in [1.54, 1.807) is 0 Å². The quantitative estimate of drug-likeness (QED) is 0.651. The van der Waals surface area contributed by atoms with Crippen LogP contribution in [0.2, 0.25) is 0 Å². The van der Waals surface area contributed by atoms with Gasteiger partial charge in [0.25, 0.3) is 0 Å². The normalized spacial score (nSPS) is 38.5. The lowest BCUT2D eigenvalue weighted by Gasteiger charge is -2.30. The summed E-state index contributed by atoms with van der Waals surface area (Å²) in [5, 5.41) is 0. The molecule has 0 heterocycles. The third kappa shape index (κ3) is 1.96.